The molecule has 50 valence electrons. The maximum Gasteiger partial charge on any atom is 0.384 e. The topological polar surface area (TPSA) is 26.3 Å². The lowest BCUT2D eigenvalue weighted by molar-refractivity contribution is -0.133. The van der Waals surface area contributed by atoms with Crippen LogP contribution in [0.1, 0.15) is 6.42 Å². The molecule has 0 atom stereocenters. The molecule has 0 amide bonds. The number of carbonyl (C=O) groups excluding carboxylic acids is 1. The molecule has 0 aliphatic carbocycles. The Bertz CT molecular complexity index is 143. The third kappa shape index (κ3) is 5.38. The second kappa shape index (κ2) is 5.64. The minimum absolute atomic E-state index is 0.476. The number of rotatable bonds is 1. The molecular weight excluding hydrogens is 184 g/mol. The highest BCUT2D eigenvalue weighted by atomic mass is 79.9. The maximum atomic E-state index is 10.3. The summed E-state index contributed by atoms with van der Waals surface area (Å²) in [6, 6.07) is 0. The number of alkyl halides is 1. The van der Waals surface area contributed by atoms with Gasteiger partial charge in [-0.25, -0.2) is 4.79 Å². The molecule has 0 aliphatic rings. The van der Waals surface area contributed by atoms with Gasteiger partial charge in [-0.2, -0.15) is 0 Å². The first-order chi connectivity index (χ1) is 4.31. The average Bonchev–Trinajstić information content (AvgIpc) is 1.89. The monoisotopic (exact) mass is 190 g/mol. The van der Waals surface area contributed by atoms with Crippen LogP contribution < -0.4 is 0 Å². The maximum absolute atomic E-state index is 10.3. The van der Waals surface area contributed by atoms with Crippen LogP contribution in [0.5, 0.6) is 0 Å². The van der Waals surface area contributed by atoms with Crippen LogP contribution >= 0.6 is 15.9 Å². The number of ether oxygens (including phenoxy) is 1. The minimum atomic E-state index is -0.476. The average molecular weight is 191 g/mol. The van der Waals surface area contributed by atoms with E-state index in [1.165, 1.54) is 7.11 Å². The lowest BCUT2D eigenvalue weighted by atomic mass is 10.5. The van der Waals surface area contributed by atoms with Gasteiger partial charge in [-0.05, 0) is 0 Å². The molecule has 0 unspecified atom stereocenters. The van der Waals surface area contributed by atoms with Gasteiger partial charge in [-0.1, -0.05) is 21.9 Å². The van der Waals surface area contributed by atoms with Gasteiger partial charge in [0.25, 0.3) is 0 Å². The van der Waals surface area contributed by atoms with Gasteiger partial charge in [0, 0.05) is 17.7 Å². The van der Waals surface area contributed by atoms with Gasteiger partial charge >= 0.3 is 5.97 Å². The van der Waals surface area contributed by atoms with Gasteiger partial charge in [0.15, 0.2) is 0 Å². The molecule has 0 aliphatic heterocycles. The quantitative estimate of drug-likeness (QED) is 0.267. The summed E-state index contributed by atoms with van der Waals surface area (Å²) < 4.78 is 4.27. The molecule has 0 N–H and O–H groups in total. The van der Waals surface area contributed by atoms with E-state index in [1.54, 1.807) is 0 Å². The van der Waals surface area contributed by atoms with Crippen LogP contribution in [-0.4, -0.2) is 18.4 Å². The van der Waals surface area contributed by atoms with Crippen molar-refractivity contribution in [2.75, 3.05) is 12.4 Å². The molecule has 9 heavy (non-hydrogen) atoms. The molecule has 0 saturated heterocycles. The largest absolute Gasteiger partial charge is 0.459 e. The van der Waals surface area contributed by atoms with Gasteiger partial charge in [0.1, 0.15) is 0 Å². The molecule has 0 bridgehead atoms. The number of methoxy groups -OCH3 is 1. The minimum Gasteiger partial charge on any atom is -0.459 e. The summed E-state index contributed by atoms with van der Waals surface area (Å²) in [4.78, 5) is 10.3. The van der Waals surface area contributed by atoms with Crippen molar-refractivity contribution in [2.45, 2.75) is 6.42 Å². The zero-order chi connectivity index (χ0) is 7.11. The van der Waals surface area contributed by atoms with Crippen LogP contribution in [0.25, 0.3) is 0 Å². The highest BCUT2D eigenvalue weighted by Gasteiger charge is 1.86. The van der Waals surface area contributed by atoms with E-state index >= 15 is 0 Å². The summed E-state index contributed by atoms with van der Waals surface area (Å²) in [7, 11) is 1.31. The Kier molecular flexibility index (Phi) is 5.34. The van der Waals surface area contributed by atoms with Gasteiger partial charge in [-0.3, -0.25) is 0 Å². The van der Waals surface area contributed by atoms with Crippen molar-refractivity contribution in [1.82, 2.24) is 0 Å². The van der Waals surface area contributed by atoms with E-state index in [1.807, 2.05) is 0 Å². The third-order valence-corrected chi connectivity index (χ3v) is 0.992. The summed E-state index contributed by atoms with van der Waals surface area (Å²) in [5, 5.41) is 0.789. The first-order valence-electron chi connectivity index (χ1n) is 2.44. The van der Waals surface area contributed by atoms with Crippen LogP contribution in [0.3, 0.4) is 0 Å². The first kappa shape index (κ1) is 8.51. The van der Waals surface area contributed by atoms with Gasteiger partial charge in [-0.15, -0.1) is 0 Å². The standard InChI is InChI=1S/C6H7BrO2/c1-9-6(8)4-2-3-5-7/h3,5H2,1H3. The Balaban J connectivity index is 3.46. The predicted molar refractivity (Wildman–Crippen MR) is 38.2 cm³/mol. The highest BCUT2D eigenvalue weighted by Crippen LogP contribution is 1.83. The van der Waals surface area contributed by atoms with Crippen LogP contribution in [0.2, 0.25) is 0 Å². The van der Waals surface area contributed by atoms with Crippen molar-refractivity contribution in [3.63, 3.8) is 0 Å². The van der Waals surface area contributed by atoms with E-state index < -0.39 is 5.97 Å². The number of halogens is 1. The number of hydrogen-bond acceptors (Lipinski definition) is 2. The molecule has 0 aromatic carbocycles. The van der Waals surface area contributed by atoms with Crippen molar-refractivity contribution in [2.24, 2.45) is 0 Å². The number of esters is 1. The zero-order valence-corrected chi connectivity index (χ0v) is 6.69. The van der Waals surface area contributed by atoms with E-state index in [-0.39, 0.29) is 0 Å². The molecule has 0 fully saturated rings. The van der Waals surface area contributed by atoms with Crippen LogP contribution in [0, 0.1) is 11.8 Å². The third-order valence-electron chi connectivity index (χ3n) is 0.595. The Morgan fingerprint density at radius 1 is 1.78 bits per heavy atom. The van der Waals surface area contributed by atoms with Crippen molar-refractivity contribution in [3.8, 4) is 11.8 Å². The second-order valence-corrected chi connectivity index (χ2v) is 2.03. The zero-order valence-electron chi connectivity index (χ0n) is 5.11. The van der Waals surface area contributed by atoms with Crippen LogP contribution in [-0.2, 0) is 9.53 Å². The molecule has 2 nitrogen and oxygen atoms in total. The lowest BCUT2D eigenvalue weighted by Gasteiger charge is -1.82. The SMILES string of the molecule is COC(=O)C#CCCBr. The van der Waals surface area contributed by atoms with E-state index in [2.05, 4.69) is 32.5 Å². The number of hydrogen-bond donors (Lipinski definition) is 0. The number of carbonyl (C=O) groups is 1. The Labute approximate surface area is 62.7 Å². The molecule has 0 radical (unpaired) electrons. The first-order valence-corrected chi connectivity index (χ1v) is 3.56. The molecule has 0 aromatic rings. The van der Waals surface area contributed by atoms with Gasteiger partial charge in [0.05, 0.1) is 7.11 Å². The van der Waals surface area contributed by atoms with Crippen LogP contribution in [0.15, 0.2) is 0 Å². The Hall–Kier alpha value is -0.490. The summed E-state index contributed by atoms with van der Waals surface area (Å²) in [6.07, 6.45) is 0.676. The van der Waals surface area contributed by atoms with Crippen molar-refractivity contribution in [1.29, 1.82) is 0 Å². The molecule has 0 heterocycles. The van der Waals surface area contributed by atoms with Gasteiger partial charge in [0.2, 0.25) is 0 Å². The highest BCUT2D eigenvalue weighted by molar-refractivity contribution is 9.09. The summed E-state index contributed by atoms with van der Waals surface area (Å²) in [6.45, 7) is 0. The fourth-order valence-corrected chi connectivity index (χ4v) is 0.431. The summed E-state index contributed by atoms with van der Waals surface area (Å²) >= 11 is 3.17. The second-order valence-electron chi connectivity index (χ2n) is 1.23. The molecule has 0 rings (SSSR count). The lowest BCUT2D eigenvalue weighted by Crippen LogP contribution is -1.94. The predicted octanol–water partition coefficient (Wildman–Crippen LogP) is 0.948. The molecule has 0 aromatic heterocycles. The molecule has 0 spiro atoms. The molecule has 3 heteroatoms. The van der Waals surface area contributed by atoms with E-state index in [0.29, 0.717) is 6.42 Å². The fraction of sp³-hybridized carbons (Fsp3) is 0.500. The Morgan fingerprint density at radius 2 is 2.44 bits per heavy atom. The van der Waals surface area contributed by atoms with Gasteiger partial charge < -0.3 is 4.74 Å². The van der Waals surface area contributed by atoms with Crippen LogP contribution in [0.4, 0.5) is 0 Å². The van der Waals surface area contributed by atoms with E-state index in [4.69, 9.17) is 0 Å². The molecular formula is C6H7BrO2. The van der Waals surface area contributed by atoms with E-state index in [0.717, 1.165) is 5.33 Å². The normalized spacial score (nSPS) is 7.33. The summed E-state index contributed by atoms with van der Waals surface area (Å²) in [5.41, 5.74) is 0. The van der Waals surface area contributed by atoms with Crippen molar-refractivity contribution < 1.29 is 9.53 Å². The smallest absolute Gasteiger partial charge is 0.384 e. The van der Waals surface area contributed by atoms with E-state index in [9.17, 15) is 4.79 Å². The van der Waals surface area contributed by atoms with Crippen molar-refractivity contribution >= 4 is 21.9 Å². The fourth-order valence-electron chi connectivity index (χ4n) is 0.233. The molecule has 0 saturated carbocycles. The summed E-state index contributed by atoms with van der Waals surface area (Å²) in [5.74, 6) is 4.43. The Morgan fingerprint density at radius 3 is 2.89 bits per heavy atom. The van der Waals surface area contributed by atoms with Crippen molar-refractivity contribution in [3.05, 3.63) is 0 Å².